The molecule has 4 nitrogen and oxygen atoms in total. The van der Waals surface area contributed by atoms with Crippen molar-refractivity contribution in [1.82, 2.24) is 4.90 Å². The summed E-state index contributed by atoms with van der Waals surface area (Å²) in [5.74, 6) is -0.452. The number of ether oxygens (including phenoxy) is 1. The third-order valence-electron chi connectivity index (χ3n) is 2.52. The molecule has 0 saturated heterocycles. The monoisotopic (exact) mass is 276 g/mol. The first kappa shape index (κ1) is 15.1. The van der Waals surface area contributed by atoms with Gasteiger partial charge in [0.25, 0.3) is 5.91 Å². The molecule has 0 aliphatic carbocycles. The largest absolute Gasteiger partial charge is 0.495 e. The summed E-state index contributed by atoms with van der Waals surface area (Å²) in [5.41, 5.74) is 6.01. The Morgan fingerprint density at radius 1 is 1.42 bits per heavy atom. The van der Waals surface area contributed by atoms with Crippen molar-refractivity contribution in [3.8, 4) is 5.75 Å². The van der Waals surface area contributed by atoms with E-state index in [-0.39, 0.29) is 17.9 Å². The lowest BCUT2D eigenvalue weighted by atomic mass is 10.1. The van der Waals surface area contributed by atoms with Crippen molar-refractivity contribution in [2.45, 2.75) is 13.1 Å². The van der Waals surface area contributed by atoms with E-state index in [9.17, 15) is 18.0 Å². The highest BCUT2D eigenvalue weighted by Crippen LogP contribution is 2.24. The van der Waals surface area contributed by atoms with Gasteiger partial charge in [0.15, 0.2) is 0 Å². The Hall–Kier alpha value is -1.92. The fourth-order valence-corrected chi connectivity index (χ4v) is 1.57. The van der Waals surface area contributed by atoms with Gasteiger partial charge in [-0.1, -0.05) is 0 Å². The lowest BCUT2D eigenvalue weighted by Crippen LogP contribution is -2.38. The maximum Gasteiger partial charge on any atom is 0.406 e. The molecular formula is C12H15F3N2O2. The SMILES string of the molecule is CCN(CC(F)(F)F)C(=O)c1ccc(N)c(OC)c1. The summed E-state index contributed by atoms with van der Waals surface area (Å²) >= 11 is 0. The van der Waals surface area contributed by atoms with Crippen LogP contribution in [0.15, 0.2) is 18.2 Å². The van der Waals surface area contributed by atoms with E-state index in [1.807, 2.05) is 0 Å². The lowest BCUT2D eigenvalue weighted by molar-refractivity contribution is -0.140. The number of nitrogens with zero attached hydrogens (tertiary/aromatic N) is 1. The maximum atomic E-state index is 12.3. The molecule has 7 heteroatoms. The maximum absolute atomic E-state index is 12.3. The summed E-state index contributed by atoms with van der Waals surface area (Å²) in [6.07, 6.45) is -4.43. The minimum Gasteiger partial charge on any atom is -0.495 e. The number of hydrogen-bond donors (Lipinski definition) is 1. The van der Waals surface area contributed by atoms with Gasteiger partial charge in [0, 0.05) is 12.1 Å². The summed E-state index contributed by atoms with van der Waals surface area (Å²) in [7, 11) is 1.37. The highest BCUT2D eigenvalue weighted by atomic mass is 19.4. The first-order chi connectivity index (χ1) is 8.78. The van der Waals surface area contributed by atoms with Crippen molar-refractivity contribution in [2.75, 3.05) is 25.9 Å². The minimum absolute atomic E-state index is 0.0367. The third kappa shape index (κ3) is 4.04. The van der Waals surface area contributed by atoms with Gasteiger partial charge in [0.2, 0.25) is 0 Å². The Labute approximate surface area is 108 Å². The van der Waals surface area contributed by atoms with Gasteiger partial charge in [-0.2, -0.15) is 13.2 Å². The van der Waals surface area contributed by atoms with Crippen LogP contribution in [0.3, 0.4) is 0 Å². The van der Waals surface area contributed by atoms with Crippen LogP contribution in [0.5, 0.6) is 5.75 Å². The van der Waals surface area contributed by atoms with E-state index >= 15 is 0 Å². The van der Waals surface area contributed by atoms with Crippen LogP contribution in [-0.2, 0) is 0 Å². The molecule has 0 saturated carbocycles. The number of hydrogen-bond acceptors (Lipinski definition) is 3. The number of alkyl halides is 3. The number of benzene rings is 1. The van der Waals surface area contributed by atoms with Crippen molar-refractivity contribution < 1.29 is 22.7 Å². The molecular weight excluding hydrogens is 261 g/mol. The molecule has 0 aliphatic heterocycles. The van der Waals surface area contributed by atoms with E-state index < -0.39 is 18.6 Å². The Kier molecular flexibility index (Phi) is 4.63. The Morgan fingerprint density at radius 3 is 2.53 bits per heavy atom. The van der Waals surface area contributed by atoms with Gasteiger partial charge < -0.3 is 15.4 Å². The number of carbonyl (C=O) groups is 1. The van der Waals surface area contributed by atoms with Crippen molar-refractivity contribution in [3.63, 3.8) is 0 Å². The van der Waals surface area contributed by atoms with Gasteiger partial charge in [-0.15, -0.1) is 0 Å². The standard InChI is InChI=1S/C12H15F3N2O2/c1-3-17(7-12(13,14)15)11(18)8-4-5-9(16)10(6-8)19-2/h4-6H,3,7,16H2,1-2H3. The second-order valence-electron chi connectivity index (χ2n) is 3.89. The first-order valence-corrected chi connectivity index (χ1v) is 5.58. The van der Waals surface area contributed by atoms with Gasteiger partial charge in [-0.25, -0.2) is 0 Å². The molecule has 106 valence electrons. The number of halogens is 3. The predicted octanol–water partition coefficient (Wildman–Crippen LogP) is 2.30. The molecule has 1 aromatic rings. The van der Waals surface area contributed by atoms with E-state index in [0.717, 1.165) is 0 Å². The molecule has 1 amide bonds. The Balaban J connectivity index is 2.97. The van der Waals surface area contributed by atoms with Crippen LogP contribution in [0.2, 0.25) is 0 Å². The summed E-state index contributed by atoms with van der Waals surface area (Å²) in [5, 5.41) is 0. The van der Waals surface area contributed by atoms with Crippen LogP contribution in [0, 0.1) is 0 Å². The average Bonchev–Trinajstić information content (AvgIpc) is 2.34. The van der Waals surface area contributed by atoms with E-state index in [0.29, 0.717) is 10.6 Å². The average molecular weight is 276 g/mol. The van der Waals surface area contributed by atoms with E-state index in [1.54, 1.807) is 0 Å². The van der Waals surface area contributed by atoms with Crippen molar-refractivity contribution in [2.24, 2.45) is 0 Å². The molecule has 0 unspecified atom stereocenters. The van der Waals surface area contributed by atoms with E-state index in [2.05, 4.69) is 0 Å². The lowest BCUT2D eigenvalue weighted by Gasteiger charge is -2.22. The van der Waals surface area contributed by atoms with Crippen molar-refractivity contribution in [1.29, 1.82) is 0 Å². The number of nitrogen functional groups attached to an aromatic ring is 1. The zero-order valence-corrected chi connectivity index (χ0v) is 10.6. The quantitative estimate of drug-likeness (QED) is 0.858. The molecule has 0 spiro atoms. The van der Waals surface area contributed by atoms with E-state index in [4.69, 9.17) is 10.5 Å². The molecule has 1 aromatic carbocycles. The first-order valence-electron chi connectivity index (χ1n) is 5.58. The normalized spacial score (nSPS) is 11.2. The van der Waals surface area contributed by atoms with E-state index in [1.165, 1.54) is 32.2 Å². The molecule has 0 aromatic heterocycles. The fourth-order valence-electron chi connectivity index (χ4n) is 1.57. The van der Waals surface area contributed by atoms with Gasteiger partial charge in [0.05, 0.1) is 12.8 Å². The predicted molar refractivity (Wildman–Crippen MR) is 65.0 cm³/mol. The second kappa shape index (κ2) is 5.81. The smallest absolute Gasteiger partial charge is 0.406 e. The molecule has 0 atom stereocenters. The molecule has 2 N–H and O–H groups in total. The van der Waals surface area contributed by atoms with Crippen molar-refractivity contribution >= 4 is 11.6 Å². The van der Waals surface area contributed by atoms with Gasteiger partial charge in [-0.3, -0.25) is 4.79 Å². The number of carbonyl (C=O) groups excluding carboxylic acids is 1. The minimum atomic E-state index is -4.43. The summed E-state index contributed by atoms with van der Waals surface area (Å²) in [6.45, 7) is 0.165. The highest BCUT2D eigenvalue weighted by molar-refractivity contribution is 5.95. The van der Waals surface area contributed by atoms with Crippen LogP contribution in [0.25, 0.3) is 0 Å². The fraction of sp³-hybridized carbons (Fsp3) is 0.417. The zero-order chi connectivity index (χ0) is 14.6. The number of amides is 1. The topological polar surface area (TPSA) is 55.6 Å². The summed E-state index contributed by atoms with van der Waals surface area (Å²) in [6, 6.07) is 4.13. The molecule has 0 fully saturated rings. The van der Waals surface area contributed by atoms with Crippen LogP contribution in [0.1, 0.15) is 17.3 Å². The Morgan fingerprint density at radius 2 is 2.05 bits per heavy atom. The summed E-state index contributed by atoms with van der Waals surface area (Å²) < 4.78 is 42.0. The number of rotatable bonds is 4. The Bertz CT molecular complexity index is 461. The van der Waals surface area contributed by atoms with Crippen LogP contribution in [0.4, 0.5) is 18.9 Å². The summed E-state index contributed by atoms with van der Waals surface area (Å²) in [4.78, 5) is 12.7. The zero-order valence-electron chi connectivity index (χ0n) is 10.6. The van der Waals surface area contributed by atoms with Gasteiger partial charge >= 0.3 is 6.18 Å². The van der Waals surface area contributed by atoms with Crippen LogP contribution in [-0.4, -0.2) is 37.2 Å². The number of methoxy groups -OCH3 is 1. The second-order valence-corrected chi connectivity index (χ2v) is 3.89. The molecule has 19 heavy (non-hydrogen) atoms. The molecule has 1 rings (SSSR count). The molecule has 0 radical (unpaired) electrons. The molecule has 0 bridgehead atoms. The van der Waals surface area contributed by atoms with Crippen molar-refractivity contribution in [3.05, 3.63) is 23.8 Å². The molecule has 0 aliphatic rings. The highest BCUT2D eigenvalue weighted by Gasteiger charge is 2.32. The van der Waals surface area contributed by atoms with Gasteiger partial charge in [0.1, 0.15) is 12.3 Å². The molecule has 0 heterocycles. The number of anilines is 1. The van der Waals surface area contributed by atoms with Crippen LogP contribution < -0.4 is 10.5 Å². The number of nitrogens with two attached hydrogens (primary N) is 1. The van der Waals surface area contributed by atoms with Crippen LogP contribution >= 0.6 is 0 Å². The van der Waals surface area contributed by atoms with Gasteiger partial charge in [-0.05, 0) is 25.1 Å². The third-order valence-corrected chi connectivity index (χ3v) is 2.52.